The summed E-state index contributed by atoms with van der Waals surface area (Å²) in [6, 6.07) is 0. The first kappa shape index (κ1) is 14.6. The zero-order valence-corrected chi connectivity index (χ0v) is 12.5. The second kappa shape index (κ2) is 6.54. The molecule has 0 radical (unpaired) electrons. The molecule has 1 aliphatic rings. The van der Waals surface area contributed by atoms with Crippen molar-refractivity contribution in [3.8, 4) is 0 Å². The van der Waals surface area contributed by atoms with Crippen molar-refractivity contribution in [3.63, 3.8) is 0 Å². The van der Waals surface area contributed by atoms with Crippen molar-refractivity contribution < 1.29 is 4.79 Å². The Morgan fingerprint density at radius 3 is 2.65 bits per heavy atom. The van der Waals surface area contributed by atoms with Gasteiger partial charge in [-0.25, -0.2) is 4.98 Å². The van der Waals surface area contributed by atoms with E-state index in [1.807, 2.05) is 25.9 Å². The smallest absolute Gasteiger partial charge is 0.227 e. The van der Waals surface area contributed by atoms with Gasteiger partial charge in [0.15, 0.2) is 5.82 Å². The molecule has 2 rings (SSSR count). The van der Waals surface area contributed by atoms with Crippen LogP contribution < -0.4 is 15.1 Å². The fourth-order valence-corrected chi connectivity index (χ4v) is 2.28. The summed E-state index contributed by atoms with van der Waals surface area (Å²) in [5, 5.41) is 2.85. The maximum atomic E-state index is 11.5. The average Bonchev–Trinajstić information content (AvgIpc) is 2.48. The van der Waals surface area contributed by atoms with E-state index in [2.05, 4.69) is 20.2 Å². The second-order valence-corrected chi connectivity index (χ2v) is 5.25. The molecule has 1 aromatic heterocycles. The van der Waals surface area contributed by atoms with Crippen molar-refractivity contribution >= 4 is 23.4 Å². The highest BCUT2D eigenvalue weighted by molar-refractivity contribution is 5.93. The molecule has 110 valence electrons. The summed E-state index contributed by atoms with van der Waals surface area (Å²) in [6.07, 6.45) is 5.81. The van der Waals surface area contributed by atoms with Gasteiger partial charge in [-0.15, -0.1) is 0 Å². The Morgan fingerprint density at radius 2 is 2.05 bits per heavy atom. The fourth-order valence-electron chi connectivity index (χ4n) is 2.28. The van der Waals surface area contributed by atoms with Crippen LogP contribution in [0.15, 0.2) is 6.20 Å². The number of aromatic nitrogens is 2. The van der Waals surface area contributed by atoms with E-state index in [1.165, 1.54) is 19.3 Å². The third kappa shape index (κ3) is 3.37. The van der Waals surface area contributed by atoms with E-state index in [1.54, 1.807) is 6.20 Å². The average molecular weight is 277 g/mol. The van der Waals surface area contributed by atoms with Crippen molar-refractivity contribution in [1.29, 1.82) is 0 Å². The lowest BCUT2D eigenvalue weighted by Gasteiger charge is -2.28. The molecule has 6 heteroatoms. The van der Waals surface area contributed by atoms with E-state index < -0.39 is 0 Å². The first-order valence-electron chi connectivity index (χ1n) is 7.21. The van der Waals surface area contributed by atoms with Gasteiger partial charge in [0.1, 0.15) is 5.69 Å². The summed E-state index contributed by atoms with van der Waals surface area (Å²) in [6.45, 7) is 3.84. The normalized spacial score (nSPS) is 15.1. The van der Waals surface area contributed by atoms with Gasteiger partial charge in [0.2, 0.25) is 11.9 Å². The van der Waals surface area contributed by atoms with Crippen molar-refractivity contribution in [2.24, 2.45) is 0 Å². The molecule has 20 heavy (non-hydrogen) atoms. The van der Waals surface area contributed by atoms with Gasteiger partial charge in [0, 0.05) is 33.6 Å². The first-order valence-corrected chi connectivity index (χ1v) is 7.21. The minimum Gasteiger partial charge on any atom is -0.361 e. The predicted molar refractivity (Wildman–Crippen MR) is 81.3 cm³/mol. The molecule has 1 saturated heterocycles. The highest BCUT2D eigenvalue weighted by atomic mass is 16.1. The van der Waals surface area contributed by atoms with Crippen molar-refractivity contribution in [2.75, 3.05) is 42.3 Å². The highest BCUT2D eigenvalue weighted by Gasteiger charge is 2.17. The number of carbonyl (C=O) groups excluding carboxylic acids is 1. The van der Waals surface area contributed by atoms with E-state index in [4.69, 9.17) is 0 Å². The monoisotopic (exact) mass is 277 g/mol. The largest absolute Gasteiger partial charge is 0.361 e. The number of carbonyl (C=O) groups is 1. The molecule has 1 aromatic rings. The zero-order chi connectivity index (χ0) is 14.5. The maximum absolute atomic E-state index is 11.5. The summed E-state index contributed by atoms with van der Waals surface area (Å²) in [7, 11) is 3.84. The molecule has 0 atom stereocenters. The number of hydrogen-bond acceptors (Lipinski definition) is 5. The number of piperidine rings is 1. The summed E-state index contributed by atoms with van der Waals surface area (Å²) >= 11 is 0. The third-order valence-electron chi connectivity index (χ3n) is 3.41. The molecule has 1 aliphatic heterocycles. The van der Waals surface area contributed by atoms with Crippen LogP contribution in [0, 0.1) is 0 Å². The van der Waals surface area contributed by atoms with Crippen LogP contribution in [0.2, 0.25) is 0 Å². The topological polar surface area (TPSA) is 61.4 Å². The van der Waals surface area contributed by atoms with Crippen molar-refractivity contribution in [3.05, 3.63) is 6.20 Å². The second-order valence-electron chi connectivity index (χ2n) is 5.25. The van der Waals surface area contributed by atoms with Crippen LogP contribution in [0.25, 0.3) is 0 Å². The summed E-state index contributed by atoms with van der Waals surface area (Å²) in [5.74, 6) is 1.48. The Labute approximate surface area is 120 Å². The Kier molecular flexibility index (Phi) is 4.76. The van der Waals surface area contributed by atoms with E-state index in [0.717, 1.165) is 24.9 Å². The molecular weight excluding hydrogens is 254 g/mol. The quantitative estimate of drug-likeness (QED) is 0.910. The summed E-state index contributed by atoms with van der Waals surface area (Å²) < 4.78 is 0. The number of anilines is 3. The number of nitrogens with zero attached hydrogens (tertiary/aromatic N) is 4. The van der Waals surface area contributed by atoms with Crippen LogP contribution in [0.1, 0.15) is 32.6 Å². The van der Waals surface area contributed by atoms with Gasteiger partial charge in [0.25, 0.3) is 0 Å². The SMILES string of the molecule is CCC(=O)Nc1cnc(N2CCCCC2)nc1N(C)C. The minimum atomic E-state index is -0.0255. The van der Waals surface area contributed by atoms with E-state index in [9.17, 15) is 4.79 Å². The zero-order valence-electron chi connectivity index (χ0n) is 12.5. The molecule has 2 heterocycles. The Balaban J connectivity index is 2.24. The van der Waals surface area contributed by atoms with Crippen LogP contribution in [0.4, 0.5) is 17.5 Å². The van der Waals surface area contributed by atoms with Gasteiger partial charge in [-0.3, -0.25) is 4.79 Å². The van der Waals surface area contributed by atoms with Gasteiger partial charge in [0.05, 0.1) is 6.20 Å². The molecule has 0 aromatic carbocycles. The number of amides is 1. The van der Waals surface area contributed by atoms with Crippen molar-refractivity contribution in [1.82, 2.24) is 9.97 Å². The van der Waals surface area contributed by atoms with E-state index in [0.29, 0.717) is 12.1 Å². The Morgan fingerprint density at radius 1 is 1.35 bits per heavy atom. The van der Waals surface area contributed by atoms with Gasteiger partial charge < -0.3 is 15.1 Å². The Hall–Kier alpha value is -1.85. The van der Waals surface area contributed by atoms with Gasteiger partial charge in [-0.1, -0.05) is 6.92 Å². The predicted octanol–water partition coefficient (Wildman–Crippen LogP) is 1.88. The molecule has 1 N–H and O–H groups in total. The lowest BCUT2D eigenvalue weighted by atomic mass is 10.1. The van der Waals surface area contributed by atoms with Gasteiger partial charge in [-0.05, 0) is 19.3 Å². The van der Waals surface area contributed by atoms with Crippen LogP contribution in [0.5, 0.6) is 0 Å². The summed E-state index contributed by atoms with van der Waals surface area (Å²) in [5.41, 5.74) is 0.669. The number of hydrogen-bond donors (Lipinski definition) is 1. The molecule has 0 unspecified atom stereocenters. The van der Waals surface area contributed by atoms with E-state index in [-0.39, 0.29) is 5.91 Å². The standard InChI is InChI=1S/C14H23N5O/c1-4-12(20)16-11-10-15-14(17-13(11)18(2)3)19-8-6-5-7-9-19/h10H,4-9H2,1-3H3,(H,16,20). The Bertz CT molecular complexity index is 469. The molecule has 6 nitrogen and oxygen atoms in total. The van der Waals surface area contributed by atoms with Crippen LogP contribution in [-0.4, -0.2) is 43.1 Å². The first-order chi connectivity index (χ1) is 9.61. The molecule has 0 saturated carbocycles. The molecule has 0 bridgehead atoms. The van der Waals surface area contributed by atoms with E-state index >= 15 is 0 Å². The maximum Gasteiger partial charge on any atom is 0.227 e. The molecule has 1 fully saturated rings. The van der Waals surface area contributed by atoms with Crippen molar-refractivity contribution in [2.45, 2.75) is 32.6 Å². The van der Waals surface area contributed by atoms with Crippen LogP contribution in [0.3, 0.4) is 0 Å². The fraction of sp³-hybridized carbons (Fsp3) is 0.643. The lowest BCUT2D eigenvalue weighted by Crippen LogP contribution is -2.31. The lowest BCUT2D eigenvalue weighted by molar-refractivity contribution is -0.115. The van der Waals surface area contributed by atoms with Gasteiger partial charge in [-0.2, -0.15) is 4.98 Å². The number of nitrogens with one attached hydrogen (secondary N) is 1. The minimum absolute atomic E-state index is 0.0255. The molecule has 1 amide bonds. The number of rotatable bonds is 4. The molecular formula is C14H23N5O. The van der Waals surface area contributed by atoms with Gasteiger partial charge >= 0.3 is 0 Å². The molecule has 0 aliphatic carbocycles. The van der Waals surface area contributed by atoms with Crippen LogP contribution >= 0.6 is 0 Å². The molecule has 0 spiro atoms. The van der Waals surface area contributed by atoms with Crippen LogP contribution in [-0.2, 0) is 4.79 Å². The third-order valence-corrected chi connectivity index (χ3v) is 3.41. The highest BCUT2D eigenvalue weighted by Crippen LogP contribution is 2.25. The summed E-state index contributed by atoms with van der Waals surface area (Å²) in [4.78, 5) is 24.7.